The summed E-state index contributed by atoms with van der Waals surface area (Å²) in [6.07, 6.45) is 3.28. The van der Waals surface area contributed by atoms with Crippen LogP contribution < -0.4 is 5.01 Å². The molecule has 8 nitrogen and oxygen atoms in total. The molecular formula is C27H25BrN4O4S2. The van der Waals surface area contributed by atoms with E-state index in [2.05, 4.69) is 26.0 Å². The molecular weight excluding hydrogens is 588 g/mol. The molecule has 0 aliphatic carbocycles. The first-order valence-electron chi connectivity index (χ1n) is 12.0. The summed E-state index contributed by atoms with van der Waals surface area (Å²) in [6, 6.07) is 21.0. The average Bonchev–Trinajstić information content (AvgIpc) is 3.59. The molecule has 0 spiro atoms. The quantitative estimate of drug-likeness (QED) is 0.192. The van der Waals surface area contributed by atoms with Crippen LogP contribution in [0.1, 0.15) is 28.8 Å². The molecule has 0 saturated carbocycles. The third-order valence-electron chi connectivity index (χ3n) is 6.13. The highest BCUT2D eigenvalue weighted by Gasteiger charge is 2.27. The summed E-state index contributed by atoms with van der Waals surface area (Å²) >= 11 is 4.81. The lowest BCUT2D eigenvalue weighted by Gasteiger charge is -2.20. The van der Waals surface area contributed by atoms with Crippen molar-refractivity contribution >= 4 is 64.8 Å². The number of rotatable bonds is 8. The molecule has 1 aliphatic rings. The number of fused-ring (bicyclic) bond motifs is 1. The molecule has 1 fully saturated rings. The number of hydrogen-bond donors (Lipinski definition) is 0. The zero-order chi connectivity index (χ0) is 26.7. The number of anilines is 1. The Labute approximate surface area is 233 Å². The van der Waals surface area contributed by atoms with Gasteiger partial charge in [0.05, 0.1) is 27.4 Å². The van der Waals surface area contributed by atoms with Crippen LogP contribution in [0.5, 0.6) is 0 Å². The smallest absolute Gasteiger partial charge is 0.280 e. The molecule has 1 amide bonds. The number of hydrogen-bond acceptors (Lipinski definition) is 7. The summed E-state index contributed by atoms with van der Waals surface area (Å²) in [6.45, 7) is 0.948. The highest BCUT2D eigenvalue weighted by molar-refractivity contribution is 9.10. The van der Waals surface area contributed by atoms with E-state index in [1.54, 1.807) is 13.3 Å². The lowest BCUT2D eigenvalue weighted by molar-refractivity contribution is 0.0978. The maximum atomic E-state index is 13.6. The monoisotopic (exact) mass is 612 g/mol. The largest absolute Gasteiger partial charge is 0.377 e. The van der Waals surface area contributed by atoms with E-state index in [1.807, 2.05) is 48.5 Å². The first-order valence-corrected chi connectivity index (χ1v) is 15.0. The zero-order valence-corrected chi connectivity index (χ0v) is 23.7. The fraction of sp³-hybridized carbons (Fsp3) is 0.222. The Bertz CT molecular complexity index is 1570. The van der Waals surface area contributed by atoms with Crippen LogP contribution in [-0.2, 0) is 14.8 Å². The molecule has 5 rings (SSSR count). The van der Waals surface area contributed by atoms with Gasteiger partial charge in [0, 0.05) is 30.2 Å². The molecule has 1 unspecified atom stereocenters. The Kier molecular flexibility index (Phi) is 8.01. The van der Waals surface area contributed by atoms with Crippen molar-refractivity contribution in [2.75, 3.05) is 25.2 Å². The number of halogens is 1. The SMILES string of the molecule is CN(CC1CCCO1)S(=O)(=O)c1ccc(C(=O)N(/N=C/c2ccccc2)c2nc3ccc(Br)cc3s2)cc1. The van der Waals surface area contributed by atoms with Gasteiger partial charge in [0.15, 0.2) is 0 Å². The van der Waals surface area contributed by atoms with Gasteiger partial charge >= 0.3 is 0 Å². The van der Waals surface area contributed by atoms with Gasteiger partial charge in [-0.25, -0.2) is 13.4 Å². The second-order valence-electron chi connectivity index (χ2n) is 8.83. The number of thiazole rings is 1. The van der Waals surface area contributed by atoms with Crippen molar-refractivity contribution in [2.45, 2.75) is 23.8 Å². The molecule has 0 N–H and O–H groups in total. The maximum absolute atomic E-state index is 13.6. The van der Waals surface area contributed by atoms with Crippen LogP contribution in [0.4, 0.5) is 5.13 Å². The highest BCUT2D eigenvalue weighted by atomic mass is 79.9. The number of nitrogens with zero attached hydrogens (tertiary/aromatic N) is 4. The highest BCUT2D eigenvalue weighted by Crippen LogP contribution is 2.32. The van der Waals surface area contributed by atoms with Gasteiger partial charge in [-0.3, -0.25) is 4.79 Å². The summed E-state index contributed by atoms with van der Waals surface area (Å²) in [4.78, 5) is 18.4. The van der Waals surface area contributed by atoms with Crippen molar-refractivity contribution in [3.8, 4) is 0 Å². The Morgan fingerprint density at radius 3 is 2.63 bits per heavy atom. The summed E-state index contributed by atoms with van der Waals surface area (Å²) in [5.74, 6) is -0.424. The summed E-state index contributed by atoms with van der Waals surface area (Å²) in [5, 5.41) is 6.12. The van der Waals surface area contributed by atoms with Crippen LogP contribution in [0.15, 0.2) is 87.3 Å². The van der Waals surface area contributed by atoms with Crippen molar-refractivity contribution < 1.29 is 17.9 Å². The van der Waals surface area contributed by atoms with E-state index in [9.17, 15) is 13.2 Å². The topological polar surface area (TPSA) is 92.2 Å². The van der Waals surface area contributed by atoms with Crippen molar-refractivity contribution in [1.82, 2.24) is 9.29 Å². The fourth-order valence-electron chi connectivity index (χ4n) is 4.07. The molecule has 1 atom stereocenters. The number of amides is 1. The van der Waals surface area contributed by atoms with Crippen LogP contribution in [-0.4, -0.2) is 56.1 Å². The second kappa shape index (κ2) is 11.4. The van der Waals surface area contributed by atoms with Crippen LogP contribution in [0.3, 0.4) is 0 Å². The molecule has 0 bridgehead atoms. The van der Waals surface area contributed by atoms with E-state index in [-0.39, 0.29) is 16.6 Å². The number of carbonyl (C=O) groups is 1. The number of likely N-dealkylation sites (N-methyl/N-ethyl adjacent to an activating group) is 1. The van der Waals surface area contributed by atoms with Crippen LogP contribution in [0, 0.1) is 0 Å². The first kappa shape index (κ1) is 26.6. The van der Waals surface area contributed by atoms with Crippen LogP contribution in [0.25, 0.3) is 10.2 Å². The summed E-state index contributed by atoms with van der Waals surface area (Å²) in [7, 11) is -2.18. The number of benzene rings is 3. The number of carbonyl (C=O) groups excluding carboxylic acids is 1. The average molecular weight is 614 g/mol. The van der Waals surface area contributed by atoms with Crippen LogP contribution in [0.2, 0.25) is 0 Å². The van der Waals surface area contributed by atoms with Gasteiger partial charge in [0.2, 0.25) is 15.2 Å². The maximum Gasteiger partial charge on any atom is 0.280 e. The molecule has 11 heteroatoms. The minimum Gasteiger partial charge on any atom is -0.377 e. The normalized spacial score (nSPS) is 16.0. The van der Waals surface area contributed by atoms with Crippen molar-refractivity contribution in [2.24, 2.45) is 5.10 Å². The molecule has 1 aliphatic heterocycles. The van der Waals surface area contributed by atoms with Gasteiger partial charge in [-0.15, -0.1) is 0 Å². The Balaban J connectivity index is 1.43. The van der Waals surface area contributed by atoms with Crippen molar-refractivity contribution in [1.29, 1.82) is 0 Å². The molecule has 2 heterocycles. The molecule has 1 saturated heterocycles. The fourth-order valence-corrected chi connectivity index (χ4v) is 6.75. The number of ether oxygens (including phenoxy) is 1. The lowest BCUT2D eigenvalue weighted by atomic mass is 10.2. The number of hydrazone groups is 1. The second-order valence-corrected chi connectivity index (χ2v) is 12.8. The van der Waals surface area contributed by atoms with Crippen molar-refractivity contribution in [3.05, 3.63) is 88.4 Å². The van der Waals surface area contributed by atoms with Crippen LogP contribution >= 0.6 is 27.3 Å². The van der Waals surface area contributed by atoms with E-state index < -0.39 is 15.9 Å². The van der Waals surface area contributed by atoms with E-state index >= 15 is 0 Å². The minimum atomic E-state index is -3.72. The molecule has 0 radical (unpaired) electrons. The lowest BCUT2D eigenvalue weighted by Crippen LogP contribution is -2.34. The minimum absolute atomic E-state index is 0.0962. The van der Waals surface area contributed by atoms with Gasteiger partial charge in [-0.1, -0.05) is 57.6 Å². The zero-order valence-electron chi connectivity index (χ0n) is 20.5. The van der Waals surface area contributed by atoms with Crippen molar-refractivity contribution in [3.63, 3.8) is 0 Å². The Hall–Kier alpha value is -2.96. The summed E-state index contributed by atoms with van der Waals surface area (Å²) in [5.41, 5.74) is 1.86. The number of sulfonamides is 1. The van der Waals surface area contributed by atoms with Gasteiger partial charge in [-0.2, -0.15) is 14.4 Å². The predicted octanol–water partition coefficient (Wildman–Crippen LogP) is 5.54. The van der Waals surface area contributed by atoms with E-state index in [4.69, 9.17) is 4.74 Å². The first-order chi connectivity index (χ1) is 18.3. The number of aromatic nitrogens is 1. The molecule has 38 heavy (non-hydrogen) atoms. The van der Waals surface area contributed by atoms with Gasteiger partial charge in [0.25, 0.3) is 5.91 Å². The Morgan fingerprint density at radius 2 is 1.92 bits per heavy atom. The van der Waals surface area contributed by atoms with Gasteiger partial charge in [-0.05, 0) is 60.9 Å². The third-order valence-corrected chi connectivity index (χ3v) is 9.45. The molecule has 1 aromatic heterocycles. The van der Waals surface area contributed by atoms with Gasteiger partial charge in [0.1, 0.15) is 0 Å². The molecule has 3 aromatic carbocycles. The molecule has 4 aromatic rings. The van der Waals surface area contributed by atoms with E-state index in [0.717, 1.165) is 33.1 Å². The molecule has 196 valence electrons. The predicted molar refractivity (Wildman–Crippen MR) is 153 cm³/mol. The summed E-state index contributed by atoms with van der Waals surface area (Å²) < 4.78 is 34.9. The standard InChI is InChI=1S/C27H25BrN4O4S2/c1-31(18-22-8-5-15-36-22)38(34,35)23-12-9-20(10-13-23)26(33)32(29-17-19-6-3-2-4-7-19)27-30-24-14-11-21(28)16-25(24)37-27/h2-4,6-7,9-14,16-17,22H,5,8,15,18H2,1H3/b29-17+. The van der Waals surface area contributed by atoms with Gasteiger partial charge < -0.3 is 4.74 Å². The van der Waals surface area contributed by atoms with E-state index in [0.29, 0.717) is 18.3 Å². The van der Waals surface area contributed by atoms with E-state index in [1.165, 1.54) is 44.9 Å². The third kappa shape index (κ3) is 5.87. The Morgan fingerprint density at radius 1 is 1.16 bits per heavy atom.